The van der Waals surface area contributed by atoms with Crippen molar-refractivity contribution < 1.29 is 4.79 Å². The summed E-state index contributed by atoms with van der Waals surface area (Å²) in [4.78, 5) is 16.9. The first kappa shape index (κ1) is 14.2. The van der Waals surface area contributed by atoms with Crippen LogP contribution in [0.2, 0.25) is 0 Å². The van der Waals surface area contributed by atoms with Crippen LogP contribution in [0, 0.1) is 0 Å². The molecule has 2 heterocycles. The molecule has 5 nitrogen and oxygen atoms in total. The van der Waals surface area contributed by atoms with E-state index in [9.17, 15) is 4.79 Å². The van der Waals surface area contributed by atoms with Crippen LogP contribution in [0.5, 0.6) is 0 Å². The van der Waals surface area contributed by atoms with Gasteiger partial charge in [-0.1, -0.05) is 12.1 Å². The third kappa shape index (κ3) is 2.97. The van der Waals surface area contributed by atoms with E-state index < -0.39 is 0 Å². The summed E-state index contributed by atoms with van der Waals surface area (Å²) >= 11 is 0. The number of nitrogens with zero attached hydrogens (tertiary/aromatic N) is 2. The maximum atomic E-state index is 12.6. The van der Waals surface area contributed by atoms with Crippen molar-refractivity contribution in [2.45, 2.75) is 24.9 Å². The largest absolute Gasteiger partial charge is 0.381 e. The second kappa shape index (κ2) is 5.93. The van der Waals surface area contributed by atoms with Crippen LogP contribution in [0.3, 0.4) is 0 Å². The normalized spacial score (nSPS) is 22.4. The minimum atomic E-state index is -0.157. The highest BCUT2D eigenvalue weighted by atomic mass is 16.2. The zero-order chi connectivity index (χ0) is 14.8. The first-order chi connectivity index (χ1) is 10.1. The third-order valence-electron chi connectivity index (χ3n) is 4.56. The molecular weight excluding hydrogens is 264 g/mol. The molecule has 1 amide bonds. The van der Waals surface area contributed by atoms with Gasteiger partial charge >= 0.3 is 0 Å². The molecule has 114 valence electrons. The molecule has 0 saturated carbocycles. The van der Waals surface area contributed by atoms with E-state index in [1.807, 2.05) is 29.2 Å². The Labute approximate surface area is 126 Å². The molecule has 1 fully saturated rings. The fourth-order valence-electron chi connectivity index (χ4n) is 3.19. The molecule has 21 heavy (non-hydrogen) atoms. The molecule has 1 saturated heterocycles. The number of nitrogens with one attached hydrogen (secondary N) is 2. The van der Waals surface area contributed by atoms with Gasteiger partial charge in [-0.3, -0.25) is 4.79 Å². The summed E-state index contributed by atoms with van der Waals surface area (Å²) in [5, 5.41) is 6.71. The molecule has 0 aliphatic carbocycles. The van der Waals surface area contributed by atoms with Crippen LogP contribution in [0.25, 0.3) is 0 Å². The van der Waals surface area contributed by atoms with E-state index in [0.717, 1.165) is 37.3 Å². The highest BCUT2D eigenvalue weighted by Gasteiger charge is 2.30. The van der Waals surface area contributed by atoms with Crippen molar-refractivity contribution >= 4 is 17.3 Å². The van der Waals surface area contributed by atoms with Crippen molar-refractivity contribution in [1.29, 1.82) is 0 Å². The van der Waals surface area contributed by atoms with Crippen LogP contribution in [0.15, 0.2) is 24.3 Å². The number of fused-ring (bicyclic) bond motifs is 1. The molecule has 1 atom stereocenters. The highest BCUT2D eigenvalue weighted by Crippen LogP contribution is 2.26. The van der Waals surface area contributed by atoms with E-state index in [-0.39, 0.29) is 11.9 Å². The summed E-state index contributed by atoms with van der Waals surface area (Å²) in [6.07, 6.45) is 2.13. The number of hydrogen-bond donors (Lipinski definition) is 2. The molecule has 1 aromatic carbocycles. The van der Waals surface area contributed by atoms with Crippen LogP contribution in [-0.4, -0.2) is 61.5 Å². The third-order valence-corrected chi connectivity index (χ3v) is 4.56. The van der Waals surface area contributed by atoms with Crippen LogP contribution < -0.4 is 10.6 Å². The van der Waals surface area contributed by atoms with Gasteiger partial charge in [-0.2, -0.15) is 0 Å². The Bertz CT molecular complexity index is 509. The van der Waals surface area contributed by atoms with Crippen molar-refractivity contribution in [3.8, 4) is 0 Å². The van der Waals surface area contributed by atoms with Crippen molar-refractivity contribution in [2.24, 2.45) is 0 Å². The zero-order valence-electron chi connectivity index (χ0n) is 12.8. The van der Waals surface area contributed by atoms with E-state index >= 15 is 0 Å². The maximum absolute atomic E-state index is 12.6. The molecule has 2 N–H and O–H groups in total. The van der Waals surface area contributed by atoms with Crippen LogP contribution in [-0.2, 0) is 4.79 Å². The first-order valence-corrected chi connectivity index (χ1v) is 7.70. The summed E-state index contributed by atoms with van der Waals surface area (Å²) in [6.45, 7) is 2.38. The van der Waals surface area contributed by atoms with Crippen molar-refractivity contribution in [3.63, 3.8) is 0 Å². The Morgan fingerprint density at radius 1 is 1.19 bits per heavy atom. The quantitative estimate of drug-likeness (QED) is 0.864. The van der Waals surface area contributed by atoms with Gasteiger partial charge in [0.15, 0.2) is 0 Å². The van der Waals surface area contributed by atoms with Gasteiger partial charge in [-0.25, -0.2) is 0 Å². The number of carbonyl (C=O) groups is 1. The molecule has 0 aromatic heterocycles. The number of likely N-dealkylation sites (tertiary alicyclic amines) is 1. The lowest BCUT2D eigenvalue weighted by Gasteiger charge is -2.38. The number of hydrogen-bond acceptors (Lipinski definition) is 4. The van der Waals surface area contributed by atoms with Crippen molar-refractivity contribution in [3.05, 3.63) is 24.3 Å². The molecule has 3 rings (SSSR count). The number of amides is 1. The topological polar surface area (TPSA) is 47.6 Å². The second-order valence-electron chi connectivity index (χ2n) is 6.14. The Hall–Kier alpha value is -1.75. The summed E-state index contributed by atoms with van der Waals surface area (Å²) in [5.41, 5.74) is 2.10. The van der Waals surface area contributed by atoms with Gasteiger partial charge in [0, 0.05) is 25.7 Å². The summed E-state index contributed by atoms with van der Waals surface area (Å²) in [6, 6.07) is 8.49. The van der Waals surface area contributed by atoms with Gasteiger partial charge < -0.3 is 20.4 Å². The lowest BCUT2D eigenvalue weighted by molar-refractivity contribution is -0.133. The number of benzene rings is 1. The Balaban J connectivity index is 1.60. The van der Waals surface area contributed by atoms with E-state index in [1.54, 1.807) is 0 Å². The maximum Gasteiger partial charge on any atom is 0.246 e. The van der Waals surface area contributed by atoms with E-state index in [0.29, 0.717) is 12.6 Å². The minimum absolute atomic E-state index is 0.157. The summed E-state index contributed by atoms with van der Waals surface area (Å²) in [5.74, 6) is 0.217. The fraction of sp³-hybridized carbons (Fsp3) is 0.562. The molecule has 5 heteroatoms. The SMILES string of the molecule is CN(C)C1CCN(C(=O)C2CNc3ccccc3N2)CC1. The average Bonchev–Trinajstić information content (AvgIpc) is 2.54. The van der Waals surface area contributed by atoms with Crippen LogP contribution in [0.1, 0.15) is 12.8 Å². The van der Waals surface area contributed by atoms with Gasteiger partial charge in [0.25, 0.3) is 0 Å². The van der Waals surface area contributed by atoms with Crippen molar-refractivity contribution in [2.75, 3.05) is 44.4 Å². The second-order valence-corrected chi connectivity index (χ2v) is 6.14. The van der Waals surface area contributed by atoms with Gasteiger partial charge in [0.2, 0.25) is 5.91 Å². The predicted molar refractivity (Wildman–Crippen MR) is 85.6 cm³/mol. The van der Waals surface area contributed by atoms with Gasteiger partial charge in [0.05, 0.1) is 11.4 Å². The van der Waals surface area contributed by atoms with E-state index in [1.165, 1.54) is 0 Å². The summed E-state index contributed by atoms with van der Waals surface area (Å²) < 4.78 is 0. The predicted octanol–water partition coefficient (Wildman–Crippen LogP) is 1.45. The molecule has 0 bridgehead atoms. The Kier molecular flexibility index (Phi) is 4.01. The van der Waals surface area contributed by atoms with Crippen LogP contribution in [0.4, 0.5) is 11.4 Å². The van der Waals surface area contributed by atoms with E-state index in [4.69, 9.17) is 0 Å². The number of para-hydroxylation sites is 2. The number of anilines is 2. The van der Waals surface area contributed by atoms with Crippen LogP contribution >= 0.6 is 0 Å². The standard InChI is InChI=1S/C16H24N4O/c1-19(2)12-7-9-20(10-8-12)16(21)15-11-17-13-5-3-4-6-14(13)18-15/h3-6,12,15,17-18H,7-11H2,1-2H3. The lowest BCUT2D eigenvalue weighted by atomic mass is 10.0. The minimum Gasteiger partial charge on any atom is -0.381 e. The molecule has 2 aliphatic rings. The van der Waals surface area contributed by atoms with Gasteiger partial charge in [0.1, 0.15) is 6.04 Å². The molecule has 2 aliphatic heterocycles. The van der Waals surface area contributed by atoms with Crippen molar-refractivity contribution in [1.82, 2.24) is 9.80 Å². The smallest absolute Gasteiger partial charge is 0.246 e. The Morgan fingerprint density at radius 2 is 1.86 bits per heavy atom. The molecule has 1 aromatic rings. The van der Waals surface area contributed by atoms with Gasteiger partial charge in [-0.05, 0) is 39.1 Å². The fourth-order valence-corrected chi connectivity index (χ4v) is 3.19. The lowest BCUT2D eigenvalue weighted by Crippen LogP contribution is -2.52. The molecule has 0 radical (unpaired) electrons. The number of piperidine rings is 1. The highest BCUT2D eigenvalue weighted by molar-refractivity contribution is 5.88. The Morgan fingerprint density at radius 3 is 2.52 bits per heavy atom. The van der Waals surface area contributed by atoms with E-state index in [2.05, 4.69) is 29.6 Å². The van der Waals surface area contributed by atoms with Gasteiger partial charge in [-0.15, -0.1) is 0 Å². The number of carbonyl (C=O) groups excluding carboxylic acids is 1. The summed E-state index contributed by atoms with van der Waals surface area (Å²) in [7, 11) is 4.23. The molecule has 1 unspecified atom stereocenters. The molecule has 0 spiro atoms. The number of rotatable bonds is 2. The first-order valence-electron chi connectivity index (χ1n) is 7.70. The zero-order valence-corrected chi connectivity index (χ0v) is 12.8. The average molecular weight is 288 g/mol. The monoisotopic (exact) mass is 288 g/mol. The molecular formula is C16H24N4O.